The van der Waals surface area contributed by atoms with E-state index in [9.17, 15) is 0 Å². The van der Waals surface area contributed by atoms with Crippen molar-refractivity contribution in [2.75, 3.05) is 0 Å². The summed E-state index contributed by atoms with van der Waals surface area (Å²) >= 11 is 0. The van der Waals surface area contributed by atoms with Crippen LogP contribution in [0.25, 0.3) is 22.5 Å². The molecule has 2 aromatic heterocycles. The molecule has 2 atom stereocenters. The number of hydrogen-bond donors (Lipinski definition) is 0. The molecule has 0 saturated heterocycles. The molecule has 0 radical (unpaired) electrons. The van der Waals surface area contributed by atoms with Crippen molar-refractivity contribution in [2.45, 2.75) is 67.5 Å². The van der Waals surface area contributed by atoms with E-state index in [1.807, 2.05) is 116 Å². The van der Waals surface area contributed by atoms with Crippen molar-refractivity contribution in [2.24, 2.45) is 20.5 Å². The van der Waals surface area contributed by atoms with Gasteiger partial charge in [-0.05, 0) is 67.5 Å². The first-order valence-electron chi connectivity index (χ1n) is 13.9. The zero-order chi connectivity index (χ0) is 30.5. The second-order valence-electron chi connectivity index (χ2n) is 9.97. The zero-order valence-corrected chi connectivity index (χ0v) is 30.8. The Morgan fingerprint density at radius 3 is 1.18 bits per heavy atom. The molecule has 236 valence electrons. The van der Waals surface area contributed by atoms with Crippen molar-refractivity contribution < 1.29 is 42.1 Å². The van der Waals surface area contributed by atoms with E-state index in [4.69, 9.17) is 0 Å². The van der Waals surface area contributed by atoms with Crippen LogP contribution in [0.15, 0.2) is 105 Å². The van der Waals surface area contributed by atoms with Gasteiger partial charge in [0.2, 0.25) is 0 Å². The molecular weight excluding hydrogens is 911 g/mol. The van der Waals surface area contributed by atoms with Crippen LogP contribution >= 0.6 is 0 Å². The smallest absolute Gasteiger partial charge is 0.0885 e. The topological polar surface area (TPSA) is 101 Å². The molecule has 0 N–H and O–H groups in total. The maximum Gasteiger partial charge on any atom is 0.0885 e. The van der Waals surface area contributed by atoms with Gasteiger partial charge in [-0.3, -0.25) is 9.97 Å². The number of benzene rings is 2. The van der Waals surface area contributed by atoms with E-state index in [0.29, 0.717) is 12.1 Å². The van der Waals surface area contributed by atoms with E-state index in [1.165, 1.54) is 0 Å². The molecule has 4 heterocycles. The van der Waals surface area contributed by atoms with Gasteiger partial charge in [-0.25, -0.2) is 0 Å². The Labute approximate surface area is 290 Å². The predicted octanol–water partition coefficient (Wildman–Crippen LogP) is 8.61. The molecule has 0 fully saturated rings. The molecule has 2 aliphatic rings. The van der Waals surface area contributed by atoms with Gasteiger partial charge in [0.25, 0.3) is 0 Å². The Bertz CT molecular complexity index is 1450. The first-order chi connectivity index (χ1) is 20.1. The maximum atomic E-state index is 4.37. The molecular formula is C34H38N8Pt2-2. The first kappa shape index (κ1) is 38.7. The summed E-state index contributed by atoms with van der Waals surface area (Å²) < 4.78 is 0. The SMILES string of the molecule is CC1=CC(C)N=N1.CC1=CC(C)N=N1.Cc1cnc(-c2[c-]cccc2)c(C)n1.Cc1cnc(-c2[c-]cccc2)c(C)n1.[Pt].[Pt]. The van der Waals surface area contributed by atoms with Crippen LogP contribution in [0.5, 0.6) is 0 Å². The quantitative estimate of drug-likeness (QED) is 0.188. The number of allylic oxidation sites excluding steroid dienone is 2. The molecule has 6 rings (SSSR count). The van der Waals surface area contributed by atoms with Crippen LogP contribution in [0, 0.1) is 39.8 Å². The van der Waals surface area contributed by atoms with Crippen LogP contribution in [0.2, 0.25) is 0 Å². The Morgan fingerprint density at radius 2 is 0.955 bits per heavy atom. The summed E-state index contributed by atoms with van der Waals surface area (Å²) in [5, 5.41) is 15.3. The van der Waals surface area contributed by atoms with E-state index in [2.05, 4.69) is 52.5 Å². The summed E-state index contributed by atoms with van der Waals surface area (Å²) in [6, 6.07) is 22.5. The molecule has 0 saturated carbocycles. The molecule has 4 aromatic rings. The van der Waals surface area contributed by atoms with Gasteiger partial charge in [0.05, 0.1) is 34.9 Å². The van der Waals surface area contributed by atoms with Crippen LogP contribution < -0.4 is 0 Å². The normalized spacial score (nSPS) is 15.5. The minimum Gasteiger partial charge on any atom is -0.301 e. The van der Waals surface area contributed by atoms with Crippen molar-refractivity contribution in [3.8, 4) is 22.5 Å². The predicted molar refractivity (Wildman–Crippen MR) is 168 cm³/mol. The van der Waals surface area contributed by atoms with Crippen molar-refractivity contribution in [1.82, 2.24) is 19.9 Å². The van der Waals surface area contributed by atoms with Crippen molar-refractivity contribution >= 4 is 0 Å². The maximum absolute atomic E-state index is 4.37. The first-order valence-corrected chi connectivity index (χ1v) is 13.9. The summed E-state index contributed by atoms with van der Waals surface area (Å²) in [7, 11) is 0. The number of nitrogens with zero attached hydrogens (tertiary/aromatic N) is 8. The monoisotopic (exact) mass is 948 g/mol. The second kappa shape index (κ2) is 19.8. The van der Waals surface area contributed by atoms with Crippen LogP contribution in [0.1, 0.15) is 50.5 Å². The third-order valence-electron chi connectivity index (χ3n) is 5.82. The van der Waals surface area contributed by atoms with Gasteiger partial charge in [0.15, 0.2) is 0 Å². The zero-order valence-electron chi connectivity index (χ0n) is 26.3. The van der Waals surface area contributed by atoms with Crippen LogP contribution in [-0.2, 0) is 42.1 Å². The fraction of sp³-hybridized carbons (Fsp3) is 0.294. The van der Waals surface area contributed by atoms with Crippen LogP contribution in [-0.4, -0.2) is 32.0 Å². The fourth-order valence-electron chi connectivity index (χ4n) is 4.00. The number of rotatable bonds is 2. The number of aromatic nitrogens is 4. The van der Waals surface area contributed by atoms with Gasteiger partial charge in [-0.2, -0.15) is 20.5 Å². The van der Waals surface area contributed by atoms with E-state index in [1.54, 1.807) is 12.4 Å². The summed E-state index contributed by atoms with van der Waals surface area (Å²) in [5.74, 6) is 0. The molecule has 10 heteroatoms. The molecule has 0 spiro atoms. The van der Waals surface area contributed by atoms with Gasteiger partial charge < -0.3 is 9.97 Å². The third kappa shape index (κ3) is 13.1. The number of hydrogen-bond acceptors (Lipinski definition) is 8. The van der Waals surface area contributed by atoms with Crippen molar-refractivity contribution in [1.29, 1.82) is 0 Å². The van der Waals surface area contributed by atoms with E-state index in [0.717, 1.165) is 56.7 Å². The molecule has 44 heavy (non-hydrogen) atoms. The molecule has 2 aromatic carbocycles. The third-order valence-corrected chi connectivity index (χ3v) is 5.82. The molecule has 2 aliphatic heterocycles. The molecule has 0 amide bonds. The van der Waals surface area contributed by atoms with Crippen LogP contribution in [0.3, 0.4) is 0 Å². The average molecular weight is 949 g/mol. The molecule has 0 aliphatic carbocycles. The van der Waals surface area contributed by atoms with Crippen molar-refractivity contribution in [3.05, 3.63) is 119 Å². The van der Waals surface area contributed by atoms with Gasteiger partial charge in [0, 0.05) is 77.3 Å². The summed E-state index contributed by atoms with van der Waals surface area (Å²) in [6.07, 6.45) is 7.62. The van der Waals surface area contributed by atoms with Crippen LogP contribution in [0.4, 0.5) is 0 Å². The van der Waals surface area contributed by atoms with Crippen molar-refractivity contribution in [3.63, 3.8) is 0 Å². The fourth-order valence-corrected chi connectivity index (χ4v) is 4.00. The Morgan fingerprint density at radius 1 is 0.568 bits per heavy atom. The minimum absolute atomic E-state index is 0. The Hall–Kier alpha value is -3.34. The average Bonchev–Trinajstić information content (AvgIpc) is 3.55. The number of azo groups is 2. The van der Waals surface area contributed by atoms with E-state index >= 15 is 0 Å². The Kier molecular flexibility index (Phi) is 17.4. The second-order valence-corrected chi connectivity index (χ2v) is 9.97. The summed E-state index contributed by atoms with van der Waals surface area (Å²) in [6.45, 7) is 15.8. The Balaban J connectivity index is 0.000000303. The summed E-state index contributed by atoms with van der Waals surface area (Å²) in [4.78, 5) is 17.4. The van der Waals surface area contributed by atoms with Gasteiger partial charge in [-0.1, -0.05) is 0 Å². The minimum atomic E-state index is 0. The van der Waals surface area contributed by atoms with Gasteiger partial charge in [-0.15, -0.1) is 71.8 Å². The van der Waals surface area contributed by atoms with E-state index < -0.39 is 0 Å². The van der Waals surface area contributed by atoms with Gasteiger partial charge in [0.1, 0.15) is 0 Å². The van der Waals surface area contributed by atoms with Gasteiger partial charge >= 0.3 is 0 Å². The number of aryl methyl sites for hydroxylation is 4. The summed E-state index contributed by atoms with van der Waals surface area (Å²) in [5.41, 5.74) is 9.69. The molecule has 8 nitrogen and oxygen atoms in total. The van der Waals surface area contributed by atoms with E-state index in [-0.39, 0.29) is 42.1 Å². The standard InChI is InChI=1S/2C12H11N2.2C5H8N2.2Pt/c2*1-9-8-13-12(10(2)14-9)11-6-4-3-5-7-11;2*1-4-3-5(2)7-6-4;;/h2*3-6,8H,1-2H3;2*3-4H,1-2H3;;/q2*-1;;;;. The molecule has 2 unspecified atom stereocenters. The molecule has 0 bridgehead atoms. The largest absolute Gasteiger partial charge is 0.301 e.